The molecule has 0 bridgehead atoms. The Hall–Kier alpha value is -4.88. The molecule has 11 nitrogen and oxygen atoms in total. The maximum absolute atomic E-state index is 14.5. The van der Waals surface area contributed by atoms with E-state index in [0.29, 0.717) is 34.1 Å². The molecule has 0 aliphatic carbocycles. The third-order valence-corrected chi connectivity index (χ3v) is 14.1. The van der Waals surface area contributed by atoms with Crippen molar-refractivity contribution >= 4 is 17.1 Å². The van der Waals surface area contributed by atoms with Crippen molar-refractivity contribution in [1.82, 2.24) is 0 Å². The molecule has 0 spiro atoms. The summed E-state index contributed by atoms with van der Waals surface area (Å²) in [6.45, 7) is 9.69. The first-order valence-corrected chi connectivity index (χ1v) is 23.9. The number of anilines is 3. The minimum absolute atomic E-state index is 0.00128. The van der Waals surface area contributed by atoms with Crippen LogP contribution in [0.2, 0.25) is 0 Å². The lowest BCUT2D eigenvalue weighted by molar-refractivity contribution is -0.259. The molecule has 4 aromatic rings. The van der Waals surface area contributed by atoms with Crippen molar-refractivity contribution < 1.29 is 92.8 Å². The fourth-order valence-electron chi connectivity index (χ4n) is 9.44. The summed E-state index contributed by atoms with van der Waals surface area (Å²) in [6.07, 6.45) is -23.4. The summed E-state index contributed by atoms with van der Waals surface area (Å²) in [4.78, 5) is 0. The first-order chi connectivity index (χ1) is 34.4. The summed E-state index contributed by atoms with van der Waals surface area (Å²) in [6, 6.07) is 9.89. The molecule has 0 saturated carbocycles. The molecule has 0 amide bonds. The molecule has 426 valence electrons. The standard InChI is InChI=1S/C53H67F12N3O8/c1-27-34(35-15-18-38(66)42(28(35)2)47(8,72)51(57,58)59)14-12-31(41(27)46(7,71)50(54,55)56)11-13-32(69)24-75-22-21-45(5,6)26-76-25-33(70)23-68-40-20-17-37(30(4)44(40)49(10,74)53(63,64)65)36-16-19-39(67)43(29(36)3)48(9,73)52(60,61)62/h12,14-20,32-33,68-74H,11,13,21-26,66-67H2,1-10H3. The van der Waals surface area contributed by atoms with Crippen LogP contribution in [0, 0.1) is 33.1 Å². The molecule has 0 aromatic heterocycles. The number of benzene rings is 4. The number of alkyl halides is 12. The van der Waals surface area contributed by atoms with Gasteiger partial charge in [-0.25, -0.2) is 0 Å². The number of nitrogen functional groups attached to an aromatic ring is 2. The van der Waals surface area contributed by atoms with Crippen LogP contribution in [0.25, 0.3) is 22.3 Å². The molecule has 0 radical (unpaired) electrons. The number of halogens is 12. The number of aliphatic hydroxyl groups excluding tert-OH is 2. The fraction of sp³-hybridized carbons (Fsp3) is 0.547. The second kappa shape index (κ2) is 22.5. The fourth-order valence-corrected chi connectivity index (χ4v) is 9.44. The molecule has 6 unspecified atom stereocenters. The van der Waals surface area contributed by atoms with Crippen molar-refractivity contribution in [3.63, 3.8) is 0 Å². The molecular formula is C53H67F12N3O8. The molecular weight excluding hydrogens is 1030 g/mol. The Morgan fingerprint density at radius 3 is 1.28 bits per heavy atom. The average Bonchev–Trinajstić information content (AvgIpc) is 3.25. The topological polar surface area (TPSA) is 204 Å². The van der Waals surface area contributed by atoms with E-state index in [0.717, 1.165) is 12.1 Å². The van der Waals surface area contributed by atoms with Gasteiger partial charge in [-0.05, 0) is 154 Å². The number of ether oxygens (including phenoxy) is 2. The SMILES string of the molecule is Cc1c(-c2ccc(CCC(O)COCCC(C)(C)COCC(O)CNc3ccc(-c4ccc(N)c(C(C)(O)C(F)(F)F)c4C)c(C)c3C(C)(O)C(F)(F)F)c(C(C)(O)C(F)(F)F)c2C)ccc(N)c1C(C)(O)C(F)(F)F. The molecule has 0 aliphatic rings. The number of hydrogen-bond acceptors (Lipinski definition) is 11. The second-order valence-corrected chi connectivity index (χ2v) is 20.8. The van der Waals surface area contributed by atoms with E-state index < -0.39 is 105 Å². The molecule has 4 rings (SSSR count). The van der Waals surface area contributed by atoms with E-state index in [9.17, 15) is 83.3 Å². The predicted molar refractivity (Wildman–Crippen MR) is 263 cm³/mol. The minimum atomic E-state index is -5.25. The van der Waals surface area contributed by atoms with Crippen LogP contribution in [0.4, 0.5) is 69.7 Å². The van der Waals surface area contributed by atoms with Gasteiger partial charge in [-0.3, -0.25) is 0 Å². The van der Waals surface area contributed by atoms with Gasteiger partial charge in [0.2, 0.25) is 0 Å². The van der Waals surface area contributed by atoms with Crippen LogP contribution in [-0.2, 0) is 38.3 Å². The van der Waals surface area contributed by atoms with Gasteiger partial charge in [-0.2, -0.15) is 52.7 Å². The van der Waals surface area contributed by atoms with Crippen LogP contribution in [-0.4, -0.2) is 101 Å². The molecule has 0 aliphatic heterocycles. The van der Waals surface area contributed by atoms with Crippen molar-refractivity contribution in [1.29, 1.82) is 0 Å². The van der Waals surface area contributed by atoms with Crippen molar-refractivity contribution in [3.05, 3.63) is 98.6 Å². The van der Waals surface area contributed by atoms with Gasteiger partial charge in [0.15, 0.2) is 22.4 Å². The minimum Gasteiger partial charge on any atom is -0.398 e. The predicted octanol–water partition coefficient (Wildman–Crippen LogP) is 10.7. The molecule has 6 atom stereocenters. The molecule has 11 N–H and O–H groups in total. The number of aryl methyl sites for hydroxylation is 1. The Labute approximate surface area is 432 Å². The first-order valence-electron chi connectivity index (χ1n) is 23.9. The molecule has 0 heterocycles. The quantitative estimate of drug-likeness (QED) is 0.0218. The number of nitrogens with two attached hydrogens (primary N) is 2. The number of nitrogens with one attached hydrogen (secondary N) is 1. The Morgan fingerprint density at radius 2 is 0.842 bits per heavy atom. The van der Waals surface area contributed by atoms with Crippen LogP contribution >= 0.6 is 0 Å². The normalized spacial score (nSPS) is 17.1. The van der Waals surface area contributed by atoms with E-state index in [1.54, 1.807) is 13.8 Å². The van der Waals surface area contributed by atoms with Crippen LogP contribution in [0.1, 0.15) is 104 Å². The van der Waals surface area contributed by atoms with Gasteiger partial charge in [0.1, 0.15) is 0 Å². The Bertz CT molecular complexity index is 2700. The first kappa shape index (κ1) is 63.7. The highest BCUT2D eigenvalue weighted by Gasteiger charge is 2.56. The smallest absolute Gasteiger partial charge is 0.398 e. The van der Waals surface area contributed by atoms with Crippen LogP contribution in [0.3, 0.4) is 0 Å². The number of hydrogen-bond donors (Lipinski definition) is 9. The Kier molecular flexibility index (Phi) is 18.8. The third kappa shape index (κ3) is 13.2. The highest BCUT2D eigenvalue weighted by molar-refractivity contribution is 5.80. The average molecular weight is 1100 g/mol. The van der Waals surface area contributed by atoms with Crippen molar-refractivity contribution in [3.8, 4) is 22.3 Å². The monoisotopic (exact) mass is 1100 g/mol. The van der Waals surface area contributed by atoms with Crippen LogP contribution < -0.4 is 16.8 Å². The van der Waals surface area contributed by atoms with Crippen LogP contribution in [0.5, 0.6) is 0 Å². The molecule has 0 saturated heterocycles. The van der Waals surface area contributed by atoms with E-state index >= 15 is 0 Å². The lowest BCUT2D eigenvalue weighted by Gasteiger charge is -2.33. The third-order valence-electron chi connectivity index (χ3n) is 14.1. The van der Waals surface area contributed by atoms with E-state index in [1.807, 2.05) is 0 Å². The van der Waals surface area contributed by atoms with Gasteiger partial charge in [-0.15, -0.1) is 0 Å². The maximum atomic E-state index is 14.5. The molecule has 76 heavy (non-hydrogen) atoms. The Morgan fingerprint density at radius 1 is 0.487 bits per heavy atom. The van der Waals surface area contributed by atoms with Gasteiger partial charge in [0.05, 0.1) is 32.0 Å². The van der Waals surface area contributed by atoms with E-state index in [1.165, 1.54) is 64.1 Å². The van der Waals surface area contributed by atoms with E-state index in [2.05, 4.69) is 5.32 Å². The molecule has 4 aromatic carbocycles. The van der Waals surface area contributed by atoms with Crippen molar-refractivity contribution in [2.75, 3.05) is 49.8 Å². The summed E-state index contributed by atoms with van der Waals surface area (Å²) in [7, 11) is 0. The van der Waals surface area contributed by atoms with Crippen molar-refractivity contribution in [2.24, 2.45) is 5.41 Å². The van der Waals surface area contributed by atoms with Gasteiger partial charge >= 0.3 is 24.7 Å². The lowest BCUT2D eigenvalue weighted by atomic mass is 9.79. The van der Waals surface area contributed by atoms with Crippen LogP contribution in [0.15, 0.2) is 48.5 Å². The van der Waals surface area contributed by atoms with Gasteiger partial charge < -0.3 is 56.9 Å². The van der Waals surface area contributed by atoms with Crippen molar-refractivity contribution in [2.45, 2.75) is 148 Å². The van der Waals surface area contributed by atoms with E-state index in [4.69, 9.17) is 20.9 Å². The lowest BCUT2D eigenvalue weighted by Crippen LogP contribution is -2.41. The second-order valence-electron chi connectivity index (χ2n) is 20.8. The molecule has 23 heteroatoms. The van der Waals surface area contributed by atoms with E-state index in [-0.39, 0.29) is 95.0 Å². The summed E-state index contributed by atoms with van der Waals surface area (Å²) in [5, 5.41) is 67.3. The largest absolute Gasteiger partial charge is 0.421 e. The van der Waals surface area contributed by atoms with Gasteiger partial charge in [-0.1, -0.05) is 44.2 Å². The zero-order chi connectivity index (χ0) is 58.3. The highest BCUT2D eigenvalue weighted by Crippen LogP contribution is 2.50. The highest BCUT2D eigenvalue weighted by atomic mass is 19.4. The summed E-state index contributed by atoms with van der Waals surface area (Å²) < 4.78 is 182. The zero-order valence-corrected chi connectivity index (χ0v) is 43.6. The summed E-state index contributed by atoms with van der Waals surface area (Å²) in [5.41, 5.74) is -7.01. The number of rotatable bonds is 21. The van der Waals surface area contributed by atoms with Gasteiger partial charge in [0, 0.05) is 46.9 Å². The Balaban J connectivity index is 1.40. The maximum Gasteiger partial charge on any atom is 0.421 e. The number of aliphatic hydroxyl groups is 6. The zero-order valence-electron chi connectivity index (χ0n) is 43.6. The summed E-state index contributed by atoms with van der Waals surface area (Å²) in [5.74, 6) is 0. The van der Waals surface area contributed by atoms with Gasteiger partial charge in [0.25, 0.3) is 0 Å². The summed E-state index contributed by atoms with van der Waals surface area (Å²) >= 11 is 0. The molecule has 0 fully saturated rings.